The Morgan fingerprint density at radius 2 is 1.33 bits per heavy atom. The summed E-state index contributed by atoms with van der Waals surface area (Å²) in [5, 5.41) is 5.84. The van der Waals surface area contributed by atoms with Gasteiger partial charge in [-0.2, -0.15) is 0 Å². The molecule has 4 nitrogen and oxygen atoms in total. The van der Waals surface area contributed by atoms with Crippen LogP contribution in [0.25, 0.3) is 11.1 Å². The van der Waals surface area contributed by atoms with Crippen LogP contribution >= 0.6 is 11.3 Å². The van der Waals surface area contributed by atoms with Crippen molar-refractivity contribution in [3.05, 3.63) is 77.2 Å². The Hall–Kier alpha value is -2.92. The lowest BCUT2D eigenvalue weighted by Crippen LogP contribution is -2.49. The van der Waals surface area contributed by atoms with Crippen molar-refractivity contribution < 1.29 is 9.59 Å². The monoisotopic (exact) mass is 500 g/mol. The van der Waals surface area contributed by atoms with E-state index in [-0.39, 0.29) is 11.8 Å². The van der Waals surface area contributed by atoms with E-state index in [0.29, 0.717) is 29.1 Å². The molecule has 2 saturated carbocycles. The minimum atomic E-state index is -0.0846. The zero-order chi connectivity index (χ0) is 24.7. The number of anilines is 1. The Labute approximate surface area is 218 Å². The second-order valence-electron chi connectivity index (χ2n) is 10.2. The van der Waals surface area contributed by atoms with E-state index < -0.39 is 0 Å². The molecule has 5 rings (SSSR count). The molecule has 2 aliphatic carbocycles. The van der Waals surface area contributed by atoms with Gasteiger partial charge in [0, 0.05) is 23.0 Å². The Morgan fingerprint density at radius 3 is 1.92 bits per heavy atom. The summed E-state index contributed by atoms with van der Waals surface area (Å²) in [5.41, 5.74) is 3.59. The standard InChI is InChI=1S/C31H36N2O2S/c34-28(21-23-13-5-1-6-14-23)32-30-29(27(22-36-30)24-15-7-2-8-16-24)31(35)33(25-17-9-3-10-18-25)26-19-11-4-12-20-26/h1-2,5-8,13-16,22,25-26H,3-4,9-12,17-21H2,(H,32,34). The first-order chi connectivity index (χ1) is 17.7. The molecule has 0 spiro atoms. The highest BCUT2D eigenvalue weighted by atomic mass is 32.1. The minimum absolute atomic E-state index is 0.0846. The van der Waals surface area contributed by atoms with Crippen molar-refractivity contribution in [1.82, 2.24) is 4.90 Å². The van der Waals surface area contributed by atoms with E-state index in [2.05, 4.69) is 22.3 Å². The van der Waals surface area contributed by atoms with Crippen molar-refractivity contribution in [2.75, 3.05) is 5.32 Å². The minimum Gasteiger partial charge on any atom is -0.333 e. The number of carbonyl (C=O) groups is 2. The Kier molecular flexibility index (Phi) is 8.17. The summed E-state index contributed by atoms with van der Waals surface area (Å²) in [4.78, 5) is 29.8. The number of carbonyl (C=O) groups excluding carboxylic acids is 2. The van der Waals surface area contributed by atoms with Gasteiger partial charge in [0.1, 0.15) is 5.00 Å². The summed E-state index contributed by atoms with van der Waals surface area (Å²) in [6.45, 7) is 0. The van der Waals surface area contributed by atoms with Gasteiger partial charge < -0.3 is 10.2 Å². The smallest absolute Gasteiger partial charge is 0.257 e. The lowest BCUT2D eigenvalue weighted by Gasteiger charge is -2.42. The first-order valence-corrected chi connectivity index (χ1v) is 14.4. The Bertz CT molecular complexity index is 1130. The molecule has 0 radical (unpaired) electrons. The van der Waals surface area contributed by atoms with Crippen LogP contribution in [0, 0.1) is 0 Å². The van der Waals surface area contributed by atoms with E-state index in [0.717, 1.165) is 42.4 Å². The molecule has 36 heavy (non-hydrogen) atoms. The van der Waals surface area contributed by atoms with Gasteiger partial charge in [0.2, 0.25) is 5.91 Å². The third kappa shape index (κ3) is 5.73. The van der Waals surface area contributed by atoms with Gasteiger partial charge in [0.15, 0.2) is 0 Å². The van der Waals surface area contributed by atoms with Crippen LogP contribution in [0.4, 0.5) is 5.00 Å². The molecule has 1 N–H and O–H groups in total. The molecule has 3 aromatic rings. The second-order valence-corrected chi connectivity index (χ2v) is 11.1. The van der Waals surface area contributed by atoms with Gasteiger partial charge in [-0.1, -0.05) is 99.2 Å². The van der Waals surface area contributed by atoms with Crippen LogP contribution < -0.4 is 5.32 Å². The summed E-state index contributed by atoms with van der Waals surface area (Å²) < 4.78 is 0. The molecule has 2 aromatic carbocycles. The third-order valence-corrected chi connectivity index (χ3v) is 8.62. The number of hydrogen-bond acceptors (Lipinski definition) is 3. The summed E-state index contributed by atoms with van der Waals surface area (Å²) in [6.07, 6.45) is 11.9. The Morgan fingerprint density at radius 1 is 0.778 bits per heavy atom. The van der Waals surface area contributed by atoms with E-state index in [1.807, 2.05) is 53.9 Å². The number of benzene rings is 2. The SMILES string of the molecule is O=C(Cc1ccccc1)Nc1scc(-c2ccccc2)c1C(=O)N(C1CCCCC1)C1CCCCC1. The highest BCUT2D eigenvalue weighted by molar-refractivity contribution is 7.15. The lowest BCUT2D eigenvalue weighted by atomic mass is 9.87. The molecule has 0 aliphatic heterocycles. The fourth-order valence-electron chi connectivity index (χ4n) is 5.92. The number of thiophene rings is 1. The molecule has 1 aromatic heterocycles. The van der Waals surface area contributed by atoms with Crippen LogP contribution in [0.2, 0.25) is 0 Å². The van der Waals surface area contributed by atoms with E-state index in [9.17, 15) is 9.59 Å². The number of nitrogens with one attached hydrogen (secondary N) is 1. The molecule has 0 bridgehead atoms. The van der Waals surface area contributed by atoms with Crippen molar-refractivity contribution >= 4 is 28.2 Å². The molecule has 1 heterocycles. The number of amides is 2. The molecule has 0 saturated heterocycles. The molecule has 0 atom stereocenters. The number of rotatable bonds is 7. The summed E-state index contributed by atoms with van der Waals surface area (Å²) in [6, 6.07) is 20.5. The maximum Gasteiger partial charge on any atom is 0.257 e. The second kappa shape index (κ2) is 11.9. The number of hydrogen-bond donors (Lipinski definition) is 1. The van der Waals surface area contributed by atoms with Crippen molar-refractivity contribution in [3.63, 3.8) is 0 Å². The van der Waals surface area contributed by atoms with Crippen LogP contribution in [0.15, 0.2) is 66.0 Å². The first-order valence-electron chi connectivity index (χ1n) is 13.5. The maximum absolute atomic E-state index is 14.5. The molecule has 5 heteroatoms. The largest absolute Gasteiger partial charge is 0.333 e. The zero-order valence-corrected chi connectivity index (χ0v) is 21.8. The van der Waals surface area contributed by atoms with Gasteiger partial charge in [0.05, 0.1) is 12.0 Å². The van der Waals surface area contributed by atoms with Crippen LogP contribution in [0.5, 0.6) is 0 Å². The maximum atomic E-state index is 14.5. The average molecular weight is 501 g/mol. The van der Waals surface area contributed by atoms with Gasteiger partial charge in [-0.3, -0.25) is 9.59 Å². The average Bonchev–Trinajstić information content (AvgIpc) is 3.34. The van der Waals surface area contributed by atoms with Crippen molar-refractivity contribution in [2.24, 2.45) is 0 Å². The van der Waals surface area contributed by atoms with E-state index in [4.69, 9.17) is 0 Å². The first kappa shape index (κ1) is 24.8. The number of nitrogens with zero attached hydrogens (tertiary/aromatic N) is 1. The normalized spacial score (nSPS) is 17.0. The predicted octanol–water partition coefficient (Wildman–Crippen LogP) is 7.70. The quantitative estimate of drug-likeness (QED) is 0.361. The molecule has 188 valence electrons. The fourth-order valence-corrected chi connectivity index (χ4v) is 6.90. The van der Waals surface area contributed by atoms with E-state index in [1.165, 1.54) is 49.9 Å². The van der Waals surface area contributed by atoms with Crippen LogP contribution in [-0.4, -0.2) is 28.8 Å². The van der Waals surface area contributed by atoms with Crippen LogP contribution in [0.1, 0.15) is 80.1 Å². The zero-order valence-electron chi connectivity index (χ0n) is 21.0. The molecular formula is C31H36N2O2S. The van der Waals surface area contributed by atoms with Crippen molar-refractivity contribution in [2.45, 2.75) is 82.7 Å². The van der Waals surface area contributed by atoms with E-state index >= 15 is 0 Å². The summed E-state index contributed by atoms with van der Waals surface area (Å²) >= 11 is 1.47. The highest BCUT2D eigenvalue weighted by Gasteiger charge is 2.36. The molecular weight excluding hydrogens is 464 g/mol. The molecule has 0 unspecified atom stereocenters. The van der Waals surface area contributed by atoms with Gasteiger partial charge in [-0.05, 0) is 36.8 Å². The lowest BCUT2D eigenvalue weighted by molar-refractivity contribution is -0.115. The molecule has 2 fully saturated rings. The van der Waals surface area contributed by atoms with Crippen molar-refractivity contribution in [1.29, 1.82) is 0 Å². The Balaban J connectivity index is 1.50. The fraction of sp³-hybridized carbons (Fsp3) is 0.419. The topological polar surface area (TPSA) is 49.4 Å². The van der Waals surface area contributed by atoms with Crippen LogP contribution in [0.3, 0.4) is 0 Å². The van der Waals surface area contributed by atoms with Gasteiger partial charge >= 0.3 is 0 Å². The van der Waals surface area contributed by atoms with Crippen LogP contribution in [-0.2, 0) is 11.2 Å². The van der Waals surface area contributed by atoms with E-state index in [1.54, 1.807) is 0 Å². The van der Waals surface area contributed by atoms with Gasteiger partial charge in [0.25, 0.3) is 5.91 Å². The summed E-state index contributed by atoms with van der Waals surface area (Å²) in [7, 11) is 0. The summed E-state index contributed by atoms with van der Waals surface area (Å²) in [5.74, 6) is 0.0162. The predicted molar refractivity (Wildman–Crippen MR) is 148 cm³/mol. The van der Waals surface area contributed by atoms with Gasteiger partial charge in [-0.25, -0.2) is 0 Å². The molecule has 2 amide bonds. The molecule has 2 aliphatic rings. The third-order valence-electron chi connectivity index (χ3n) is 7.72. The van der Waals surface area contributed by atoms with Crippen molar-refractivity contribution in [3.8, 4) is 11.1 Å². The van der Waals surface area contributed by atoms with Gasteiger partial charge in [-0.15, -0.1) is 11.3 Å². The highest BCUT2D eigenvalue weighted by Crippen LogP contribution is 2.39.